The largest absolute Gasteiger partial charge is 0.338 e. The van der Waals surface area contributed by atoms with E-state index in [2.05, 4.69) is 20.2 Å². The van der Waals surface area contributed by atoms with Crippen molar-refractivity contribution < 1.29 is 8.42 Å². The Hall–Kier alpha value is -2.45. The summed E-state index contributed by atoms with van der Waals surface area (Å²) in [4.78, 5) is 1.02. The maximum absolute atomic E-state index is 12.4. The average molecular weight is 389 g/mol. The van der Waals surface area contributed by atoms with Crippen LogP contribution < -0.4 is 10.0 Å². The molecule has 0 aliphatic heterocycles. The van der Waals surface area contributed by atoms with Gasteiger partial charge in [-0.3, -0.25) is 4.72 Å². The number of rotatable bonds is 6. The number of para-hydroxylation sites is 1. The third-order valence-electron chi connectivity index (χ3n) is 3.89. The van der Waals surface area contributed by atoms with Crippen molar-refractivity contribution in [3.05, 3.63) is 58.5 Å². The van der Waals surface area contributed by atoms with E-state index in [1.807, 2.05) is 45.0 Å². The molecule has 2 heterocycles. The van der Waals surface area contributed by atoms with E-state index in [0.717, 1.165) is 28.1 Å². The van der Waals surface area contributed by atoms with Crippen LogP contribution in [0.2, 0.25) is 0 Å². The van der Waals surface area contributed by atoms with Crippen LogP contribution in [-0.2, 0) is 16.4 Å². The fourth-order valence-corrected chi connectivity index (χ4v) is 4.77. The highest BCUT2D eigenvalue weighted by Gasteiger charge is 2.17. The van der Waals surface area contributed by atoms with Crippen LogP contribution in [0.15, 0.2) is 46.7 Å². The lowest BCUT2D eigenvalue weighted by molar-refractivity contribution is 0.603. The predicted octanol–water partition coefficient (Wildman–Crippen LogP) is 4.26. The molecule has 1 aromatic carbocycles. The molecule has 2 N–H and O–H groups in total. The van der Waals surface area contributed by atoms with Crippen molar-refractivity contribution in [2.75, 3.05) is 10.0 Å². The van der Waals surface area contributed by atoms with Crippen molar-refractivity contribution in [1.82, 2.24) is 10.2 Å². The topological polar surface area (TPSA) is 84.0 Å². The molecule has 0 saturated heterocycles. The van der Waals surface area contributed by atoms with Crippen molar-refractivity contribution in [2.45, 2.75) is 31.4 Å². The Balaban J connectivity index is 1.75. The number of nitrogens with one attached hydrogen (secondary N) is 2. The van der Waals surface area contributed by atoms with Gasteiger partial charge in [0.1, 0.15) is 4.21 Å². The Bertz CT molecular complexity index is 992. The first-order valence-electron chi connectivity index (χ1n) is 8.17. The second-order valence-electron chi connectivity index (χ2n) is 5.88. The Morgan fingerprint density at radius 1 is 0.962 bits per heavy atom. The first-order chi connectivity index (χ1) is 12.4. The van der Waals surface area contributed by atoms with Crippen LogP contribution >= 0.6 is 11.3 Å². The molecule has 0 radical (unpaired) electrons. The summed E-state index contributed by atoms with van der Waals surface area (Å²) in [5.41, 5.74) is 3.17. The van der Waals surface area contributed by atoms with E-state index < -0.39 is 10.0 Å². The third kappa shape index (κ3) is 4.03. The first-order valence-corrected chi connectivity index (χ1v) is 10.5. The predicted molar refractivity (Wildman–Crippen MR) is 106 cm³/mol. The van der Waals surface area contributed by atoms with Crippen molar-refractivity contribution >= 4 is 38.7 Å². The van der Waals surface area contributed by atoms with Gasteiger partial charge in [-0.15, -0.1) is 21.5 Å². The van der Waals surface area contributed by atoms with Gasteiger partial charge in [0.05, 0.1) is 0 Å². The van der Waals surface area contributed by atoms with Gasteiger partial charge >= 0.3 is 0 Å². The van der Waals surface area contributed by atoms with E-state index >= 15 is 0 Å². The maximum atomic E-state index is 12.4. The number of sulfonamides is 1. The Labute approximate surface area is 157 Å². The van der Waals surface area contributed by atoms with E-state index in [0.29, 0.717) is 5.82 Å². The second kappa shape index (κ2) is 7.43. The highest BCUT2D eigenvalue weighted by Crippen LogP contribution is 2.25. The average Bonchev–Trinajstić information content (AvgIpc) is 3.10. The molecule has 0 unspecified atom stereocenters. The number of hydrogen-bond acceptors (Lipinski definition) is 6. The van der Waals surface area contributed by atoms with Crippen molar-refractivity contribution in [3.63, 3.8) is 0 Å². The Morgan fingerprint density at radius 3 is 2.19 bits per heavy atom. The summed E-state index contributed by atoms with van der Waals surface area (Å²) < 4.78 is 27.6. The van der Waals surface area contributed by atoms with Gasteiger partial charge in [-0.1, -0.05) is 25.1 Å². The van der Waals surface area contributed by atoms with Crippen molar-refractivity contribution in [3.8, 4) is 0 Å². The lowest BCUT2D eigenvalue weighted by atomic mass is 10.1. The van der Waals surface area contributed by atoms with Crippen LogP contribution in [0.5, 0.6) is 0 Å². The van der Waals surface area contributed by atoms with Crippen LogP contribution in [0.4, 0.5) is 17.3 Å². The number of hydrogen-bond donors (Lipinski definition) is 2. The molecular weight excluding hydrogens is 368 g/mol. The fraction of sp³-hybridized carbons (Fsp3) is 0.222. The molecule has 0 bridgehead atoms. The summed E-state index contributed by atoms with van der Waals surface area (Å²) in [5.74, 6) is 0.734. The van der Waals surface area contributed by atoms with E-state index in [9.17, 15) is 8.42 Å². The van der Waals surface area contributed by atoms with Crippen LogP contribution in [0.25, 0.3) is 0 Å². The number of aromatic nitrogens is 2. The van der Waals surface area contributed by atoms with Gasteiger partial charge in [-0.05, 0) is 55.7 Å². The zero-order valence-corrected chi connectivity index (χ0v) is 16.4. The SMILES string of the molecule is CCc1ccc(S(=O)(=O)Nc2ccc(Nc3c(C)cccc3C)nn2)s1. The summed E-state index contributed by atoms with van der Waals surface area (Å²) in [7, 11) is -3.64. The van der Waals surface area contributed by atoms with Gasteiger partial charge in [-0.25, -0.2) is 8.42 Å². The molecule has 136 valence electrons. The zero-order chi connectivity index (χ0) is 18.7. The maximum Gasteiger partial charge on any atom is 0.272 e. The second-order valence-corrected chi connectivity index (χ2v) is 8.95. The molecule has 6 nitrogen and oxygen atoms in total. The summed E-state index contributed by atoms with van der Waals surface area (Å²) in [6.07, 6.45) is 0.804. The number of thiophene rings is 1. The fourth-order valence-electron chi connectivity index (χ4n) is 2.47. The Morgan fingerprint density at radius 2 is 1.62 bits per heavy atom. The van der Waals surface area contributed by atoms with Crippen LogP contribution in [0.3, 0.4) is 0 Å². The van der Waals surface area contributed by atoms with E-state index in [4.69, 9.17) is 0 Å². The van der Waals surface area contributed by atoms with Gasteiger partial charge in [0.2, 0.25) is 0 Å². The molecule has 0 aliphatic carbocycles. The molecule has 0 amide bonds. The van der Waals surface area contributed by atoms with Gasteiger partial charge in [0, 0.05) is 10.6 Å². The number of benzene rings is 1. The van der Waals surface area contributed by atoms with Crippen molar-refractivity contribution in [1.29, 1.82) is 0 Å². The minimum absolute atomic E-state index is 0.184. The normalized spacial score (nSPS) is 11.3. The lowest BCUT2D eigenvalue weighted by Crippen LogP contribution is -2.13. The molecule has 3 rings (SSSR count). The van der Waals surface area contributed by atoms with Crippen LogP contribution in [0, 0.1) is 13.8 Å². The molecule has 0 spiro atoms. The highest BCUT2D eigenvalue weighted by molar-refractivity contribution is 7.94. The molecule has 0 atom stereocenters. The molecular formula is C18H20N4O2S2. The quantitative estimate of drug-likeness (QED) is 0.659. The van der Waals surface area contributed by atoms with Gasteiger partial charge in [0.25, 0.3) is 10.0 Å². The minimum Gasteiger partial charge on any atom is -0.338 e. The smallest absolute Gasteiger partial charge is 0.272 e. The minimum atomic E-state index is -3.64. The molecule has 0 saturated carbocycles. The molecule has 8 heteroatoms. The number of nitrogens with zero attached hydrogens (tertiary/aromatic N) is 2. The standard InChI is InChI=1S/C18H20N4O2S2/c1-4-14-8-11-17(25-14)26(23,24)22-16-10-9-15(20-21-16)19-18-12(2)6-5-7-13(18)3/h5-11H,4H2,1-3H3,(H,19,20)(H,21,22). The van der Waals surface area contributed by atoms with E-state index in [1.54, 1.807) is 18.2 Å². The summed E-state index contributed by atoms with van der Waals surface area (Å²) in [6.45, 7) is 6.01. The zero-order valence-electron chi connectivity index (χ0n) is 14.8. The highest BCUT2D eigenvalue weighted by atomic mass is 32.2. The molecule has 0 aliphatic rings. The van der Waals surface area contributed by atoms with Gasteiger partial charge < -0.3 is 5.32 Å². The van der Waals surface area contributed by atoms with Gasteiger partial charge in [0.15, 0.2) is 11.6 Å². The number of aryl methyl sites for hydroxylation is 3. The summed E-state index contributed by atoms with van der Waals surface area (Å²) >= 11 is 1.26. The molecule has 0 fully saturated rings. The molecule has 26 heavy (non-hydrogen) atoms. The van der Waals surface area contributed by atoms with Gasteiger partial charge in [-0.2, -0.15) is 0 Å². The monoisotopic (exact) mass is 388 g/mol. The Kier molecular flexibility index (Phi) is 5.24. The summed E-state index contributed by atoms with van der Waals surface area (Å²) in [5, 5.41) is 11.3. The van der Waals surface area contributed by atoms with Crippen LogP contribution in [-0.4, -0.2) is 18.6 Å². The summed E-state index contributed by atoms with van der Waals surface area (Å²) in [6, 6.07) is 12.7. The third-order valence-corrected chi connectivity index (χ3v) is 6.96. The first kappa shape index (κ1) is 18.3. The molecule has 3 aromatic rings. The van der Waals surface area contributed by atoms with E-state index in [1.165, 1.54) is 11.3 Å². The lowest BCUT2D eigenvalue weighted by Gasteiger charge is -2.12. The van der Waals surface area contributed by atoms with E-state index in [-0.39, 0.29) is 10.0 Å². The molecule has 2 aromatic heterocycles. The number of anilines is 3. The van der Waals surface area contributed by atoms with Crippen LogP contribution in [0.1, 0.15) is 22.9 Å². The van der Waals surface area contributed by atoms with Crippen molar-refractivity contribution in [2.24, 2.45) is 0 Å².